The average molecular weight is 404 g/mol. The predicted molar refractivity (Wildman–Crippen MR) is 112 cm³/mol. The Morgan fingerprint density at radius 1 is 1.15 bits per heavy atom. The van der Waals surface area contributed by atoms with Crippen LogP contribution >= 0.6 is 34.9 Å². The molecule has 0 atom stereocenters. The first-order valence-corrected chi connectivity index (χ1v) is 11.2. The van der Waals surface area contributed by atoms with E-state index in [2.05, 4.69) is 41.3 Å². The third-order valence-corrected chi connectivity index (χ3v) is 7.13. The molecule has 0 radical (unpaired) electrons. The Hall–Kier alpha value is -1.57. The highest BCUT2D eigenvalue weighted by Gasteiger charge is 2.13. The van der Waals surface area contributed by atoms with Gasteiger partial charge in [-0.1, -0.05) is 30.0 Å². The van der Waals surface area contributed by atoms with Gasteiger partial charge < -0.3 is 5.32 Å². The zero-order chi connectivity index (χ0) is 18.4. The van der Waals surface area contributed by atoms with Gasteiger partial charge in [0.05, 0.1) is 5.75 Å². The van der Waals surface area contributed by atoms with Gasteiger partial charge in [0.2, 0.25) is 5.91 Å². The minimum atomic E-state index is 0.0519. The molecule has 4 nitrogen and oxygen atoms in total. The molecule has 1 N–H and O–H groups in total. The van der Waals surface area contributed by atoms with E-state index in [-0.39, 0.29) is 5.91 Å². The average Bonchev–Trinajstić information content (AvgIpc) is 2.95. The number of benzene rings is 1. The smallest absolute Gasteiger partial charge is 0.230 e. The van der Waals surface area contributed by atoms with Crippen molar-refractivity contribution in [2.75, 3.05) is 18.1 Å². The molecule has 2 aromatic heterocycles. The number of thiophene rings is 1. The summed E-state index contributed by atoms with van der Waals surface area (Å²) >= 11 is 4.98. The Morgan fingerprint density at radius 2 is 1.96 bits per heavy atom. The molecule has 26 heavy (non-hydrogen) atoms. The molecule has 3 rings (SSSR count). The van der Waals surface area contributed by atoms with E-state index in [4.69, 9.17) is 0 Å². The topological polar surface area (TPSA) is 54.9 Å². The molecule has 2 heterocycles. The van der Waals surface area contributed by atoms with Crippen LogP contribution in [-0.4, -0.2) is 33.9 Å². The van der Waals surface area contributed by atoms with Gasteiger partial charge in [-0.05, 0) is 43.7 Å². The second kappa shape index (κ2) is 9.39. The number of thioether (sulfide) groups is 2. The van der Waals surface area contributed by atoms with E-state index in [0.717, 1.165) is 27.4 Å². The van der Waals surface area contributed by atoms with Crippen LogP contribution in [0.1, 0.15) is 16.9 Å². The Morgan fingerprint density at radius 3 is 2.77 bits per heavy atom. The third kappa shape index (κ3) is 4.99. The molecule has 0 aliphatic rings. The molecule has 0 aliphatic carbocycles. The molecule has 1 aromatic carbocycles. The van der Waals surface area contributed by atoms with Crippen molar-refractivity contribution in [1.29, 1.82) is 0 Å². The van der Waals surface area contributed by atoms with Crippen molar-refractivity contribution < 1.29 is 4.79 Å². The number of hydrogen-bond acceptors (Lipinski definition) is 6. The lowest BCUT2D eigenvalue weighted by atomic mass is 10.2. The van der Waals surface area contributed by atoms with Crippen LogP contribution < -0.4 is 5.32 Å². The number of nitrogens with one attached hydrogen (secondary N) is 1. The van der Waals surface area contributed by atoms with Crippen molar-refractivity contribution in [2.45, 2.75) is 30.2 Å². The Bertz CT molecular complexity index is 880. The lowest BCUT2D eigenvalue weighted by Gasteiger charge is -2.06. The highest BCUT2D eigenvalue weighted by Crippen LogP contribution is 2.34. The van der Waals surface area contributed by atoms with Gasteiger partial charge in [0.25, 0.3) is 0 Å². The first-order chi connectivity index (χ1) is 12.6. The molecular weight excluding hydrogens is 382 g/mol. The number of rotatable bonds is 8. The highest BCUT2D eigenvalue weighted by atomic mass is 32.2. The second-order valence-electron chi connectivity index (χ2n) is 5.80. The van der Waals surface area contributed by atoms with Gasteiger partial charge in [-0.3, -0.25) is 4.79 Å². The number of amides is 1. The van der Waals surface area contributed by atoms with E-state index in [1.165, 1.54) is 27.1 Å². The maximum atomic E-state index is 12.1. The minimum absolute atomic E-state index is 0.0519. The van der Waals surface area contributed by atoms with Crippen LogP contribution in [0.5, 0.6) is 0 Å². The lowest BCUT2D eigenvalue weighted by molar-refractivity contribution is -0.118. The van der Waals surface area contributed by atoms with Crippen LogP contribution in [0, 0.1) is 13.8 Å². The summed E-state index contributed by atoms with van der Waals surface area (Å²) in [5, 5.41) is 4.98. The number of carbonyl (C=O) groups is 1. The maximum absolute atomic E-state index is 12.1. The van der Waals surface area contributed by atoms with E-state index >= 15 is 0 Å². The van der Waals surface area contributed by atoms with Crippen LogP contribution in [0.25, 0.3) is 10.2 Å². The molecule has 0 bridgehead atoms. The summed E-state index contributed by atoms with van der Waals surface area (Å²) in [5.74, 6) is 1.43. The molecule has 0 saturated carbocycles. The highest BCUT2D eigenvalue weighted by molar-refractivity contribution is 8.00. The first-order valence-electron chi connectivity index (χ1n) is 8.43. The number of carbonyl (C=O) groups excluding carboxylic acids is 1. The largest absolute Gasteiger partial charge is 0.355 e. The van der Waals surface area contributed by atoms with Crippen molar-refractivity contribution >= 4 is 51.0 Å². The van der Waals surface area contributed by atoms with Gasteiger partial charge >= 0.3 is 0 Å². The van der Waals surface area contributed by atoms with Gasteiger partial charge in [0.1, 0.15) is 16.2 Å². The molecule has 0 unspecified atom stereocenters. The molecule has 0 aliphatic heterocycles. The van der Waals surface area contributed by atoms with E-state index in [1.807, 2.05) is 30.0 Å². The third-order valence-electron chi connectivity index (χ3n) is 3.93. The van der Waals surface area contributed by atoms with Crippen molar-refractivity contribution in [1.82, 2.24) is 15.3 Å². The summed E-state index contributed by atoms with van der Waals surface area (Å²) in [6, 6.07) is 10.3. The van der Waals surface area contributed by atoms with Crippen LogP contribution in [0.15, 0.2) is 46.6 Å². The fourth-order valence-corrected chi connectivity index (χ4v) is 5.27. The van der Waals surface area contributed by atoms with E-state index in [0.29, 0.717) is 12.3 Å². The van der Waals surface area contributed by atoms with E-state index < -0.39 is 0 Å². The van der Waals surface area contributed by atoms with Crippen LogP contribution in [0.4, 0.5) is 0 Å². The second-order valence-corrected chi connectivity index (χ2v) is 9.13. The molecule has 0 spiro atoms. The zero-order valence-corrected chi connectivity index (χ0v) is 17.3. The minimum Gasteiger partial charge on any atom is -0.355 e. The van der Waals surface area contributed by atoms with Crippen molar-refractivity contribution in [2.24, 2.45) is 0 Å². The molecule has 7 heteroatoms. The Balaban J connectivity index is 1.42. The molecule has 136 valence electrons. The van der Waals surface area contributed by atoms with Crippen molar-refractivity contribution in [3.8, 4) is 0 Å². The predicted octanol–water partition coefficient (Wildman–Crippen LogP) is 4.70. The molecular formula is C19H21N3OS3. The number of nitrogens with zero attached hydrogens (tertiary/aromatic N) is 2. The summed E-state index contributed by atoms with van der Waals surface area (Å²) in [5.41, 5.74) is 1.21. The fourth-order valence-electron chi connectivity index (χ4n) is 2.45. The van der Waals surface area contributed by atoms with Crippen LogP contribution in [-0.2, 0) is 4.79 Å². The summed E-state index contributed by atoms with van der Waals surface area (Å²) in [7, 11) is 0. The Kier molecular flexibility index (Phi) is 6.93. The number of aromatic nitrogens is 2. The van der Waals surface area contributed by atoms with Crippen LogP contribution in [0.2, 0.25) is 0 Å². The first kappa shape index (κ1) is 19.2. The van der Waals surface area contributed by atoms with Crippen molar-refractivity contribution in [3.63, 3.8) is 0 Å². The number of hydrogen-bond donors (Lipinski definition) is 1. The van der Waals surface area contributed by atoms with Gasteiger partial charge in [0, 0.05) is 21.7 Å². The van der Waals surface area contributed by atoms with E-state index in [1.54, 1.807) is 17.7 Å². The summed E-state index contributed by atoms with van der Waals surface area (Å²) < 4.78 is 0. The van der Waals surface area contributed by atoms with Gasteiger partial charge in [0.15, 0.2) is 0 Å². The maximum Gasteiger partial charge on any atom is 0.230 e. The lowest BCUT2D eigenvalue weighted by Crippen LogP contribution is -2.26. The standard InChI is InChI=1S/C19H21N3OS3/c1-13-14(2)26-19-17(13)18(21-12-22-19)25-11-16(23)20-9-6-10-24-15-7-4-3-5-8-15/h3-5,7-8,12H,6,9-11H2,1-2H3,(H,20,23). The van der Waals surface area contributed by atoms with Gasteiger partial charge in [-0.2, -0.15) is 0 Å². The van der Waals surface area contributed by atoms with Gasteiger partial charge in [-0.25, -0.2) is 9.97 Å². The zero-order valence-electron chi connectivity index (χ0n) is 14.8. The number of aryl methyl sites for hydroxylation is 2. The summed E-state index contributed by atoms with van der Waals surface area (Å²) in [6.45, 7) is 4.89. The molecule has 0 saturated heterocycles. The van der Waals surface area contributed by atoms with E-state index in [9.17, 15) is 4.79 Å². The normalized spacial score (nSPS) is 11.0. The number of fused-ring (bicyclic) bond motifs is 1. The molecule has 1 amide bonds. The summed E-state index contributed by atoms with van der Waals surface area (Å²) in [4.78, 5) is 24.3. The molecule has 0 fully saturated rings. The summed E-state index contributed by atoms with van der Waals surface area (Å²) in [6.07, 6.45) is 2.54. The molecule has 3 aromatic rings. The van der Waals surface area contributed by atoms with Gasteiger partial charge in [-0.15, -0.1) is 23.1 Å². The fraction of sp³-hybridized carbons (Fsp3) is 0.316. The quantitative estimate of drug-likeness (QED) is 0.336. The Labute approximate surface area is 166 Å². The SMILES string of the molecule is Cc1sc2ncnc(SCC(=O)NCCCSc3ccccc3)c2c1C. The van der Waals surface area contributed by atoms with Crippen LogP contribution in [0.3, 0.4) is 0 Å². The van der Waals surface area contributed by atoms with Crippen molar-refractivity contribution in [3.05, 3.63) is 47.1 Å². The monoisotopic (exact) mass is 403 g/mol.